The van der Waals surface area contributed by atoms with E-state index in [1.54, 1.807) is 10.6 Å². The number of carbonyl (C=O) groups excluding carboxylic acids is 1. The third-order valence-corrected chi connectivity index (χ3v) is 9.71. The van der Waals surface area contributed by atoms with E-state index >= 15 is 0 Å². The van der Waals surface area contributed by atoms with Gasteiger partial charge >= 0.3 is 0 Å². The molecule has 2 aliphatic rings. The van der Waals surface area contributed by atoms with Crippen molar-refractivity contribution in [3.63, 3.8) is 0 Å². The van der Waals surface area contributed by atoms with E-state index in [0.717, 1.165) is 65.7 Å². The molecule has 0 unspecified atom stereocenters. The largest absolute Gasteiger partial charge is 0.325 e. The summed E-state index contributed by atoms with van der Waals surface area (Å²) in [5.41, 5.74) is 7.07. The molecule has 204 valence electrons. The highest BCUT2D eigenvalue weighted by Crippen LogP contribution is 2.49. The van der Waals surface area contributed by atoms with Crippen molar-refractivity contribution in [1.82, 2.24) is 9.55 Å². The molecule has 0 bridgehead atoms. The molecule has 3 aromatic carbocycles. The van der Waals surface area contributed by atoms with Gasteiger partial charge < -0.3 is 5.32 Å². The molecule has 1 saturated carbocycles. The number of rotatable bonds is 5. The van der Waals surface area contributed by atoms with Gasteiger partial charge in [0.25, 0.3) is 5.56 Å². The molecule has 1 fully saturated rings. The van der Waals surface area contributed by atoms with Crippen LogP contribution in [0.3, 0.4) is 0 Å². The summed E-state index contributed by atoms with van der Waals surface area (Å²) in [7, 11) is 0. The Kier molecular flexibility index (Phi) is 7.32. The van der Waals surface area contributed by atoms with Crippen molar-refractivity contribution in [3.05, 3.63) is 104 Å². The topological polar surface area (TPSA) is 64.0 Å². The molecule has 1 N–H and O–H groups in total. The van der Waals surface area contributed by atoms with E-state index in [1.807, 2.05) is 56.3 Å². The van der Waals surface area contributed by atoms with Crippen molar-refractivity contribution in [3.8, 4) is 16.9 Å². The average molecular weight is 570 g/mol. The molecular formula is C33H32ClN3O2S. The first-order valence-corrected chi connectivity index (χ1v) is 15.2. The zero-order chi connectivity index (χ0) is 27.9. The van der Waals surface area contributed by atoms with Gasteiger partial charge in [-0.05, 0) is 68.5 Å². The molecule has 1 amide bonds. The molecule has 0 radical (unpaired) electrons. The predicted molar refractivity (Wildman–Crippen MR) is 164 cm³/mol. The van der Waals surface area contributed by atoms with Crippen LogP contribution < -0.4 is 10.9 Å². The van der Waals surface area contributed by atoms with E-state index in [9.17, 15) is 9.59 Å². The number of nitrogens with one attached hydrogen (secondary N) is 1. The number of thioether (sulfide) groups is 1. The molecule has 1 aromatic heterocycles. The van der Waals surface area contributed by atoms with Crippen LogP contribution in [-0.4, -0.2) is 21.2 Å². The fraction of sp³-hybridized carbons (Fsp3) is 0.303. The Morgan fingerprint density at radius 1 is 1.00 bits per heavy atom. The third-order valence-electron chi connectivity index (χ3n) is 8.36. The van der Waals surface area contributed by atoms with Crippen molar-refractivity contribution in [2.75, 3.05) is 11.1 Å². The van der Waals surface area contributed by atoms with Crippen LogP contribution in [0.2, 0.25) is 5.02 Å². The second kappa shape index (κ2) is 10.9. The first-order valence-electron chi connectivity index (χ1n) is 13.9. The lowest BCUT2D eigenvalue weighted by Gasteiger charge is -2.42. The molecule has 2 aliphatic carbocycles. The van der Waals surface area contributed by atoms with E-state index in [2.05, 4.69) is 23.5 Å². The average Bonchev–Trinajstić information content (AvgIpc) is 2.95. The number of hydrogen-bond donors (Lipinski definition) is 1. The lowest BCUT2D eigenvalue weighted by atomic mass is 9.62. The Morgan fingerprint density at radius 2 is 1.75 bits per heavy atom. The molecule has 7 heteroatoms. The summed E-state index contributed by atoms with van der Waals surface area (Å²) in [6, 6.07) is 21.8. The van der Waals surface area contributed by atoms with Crippen molar-refractivity contribution in [1.29, 1.82) is 0 Å². The van der Waals surface area contributed by atoms with Gasteiger partial charge in [0, 0.05) is 21.7 Å². The Balaban J connectivity index is 1.46. The van der Waals surface area contributed by atoms with E-state index in [-0.39, 0.29) is 22.6 Å². The number of nitrogens with zero attached hydrogens (tertiary/aromatic N) is 2. The van der Waals surface area contributed by atoms with Crippen LogP contribution in [0.25, 0.3) is 16.9 Å². The highest BCUT2D eigenvalue weighted by molar-refractivity contribution is 7.99. The predicted octanol–water partition coefficient (Wildman–Crippen LogP) is 7.66. The highest BCUT2D eigenvalue weighted by atomic mass is 35.5. The normalized spacial score (nSPS) is 15.4. The van der Waals surface area contributed by atoms with Crippen LogP contribution >= 0.6 is 23.4 Å². The summed E-state index contributed by atoms with van der Waals surface area (Å²) in [4.78, 5) is 32.9. The monoisotopic (exact) mass is 569 g/mol. The van der Waals surface area contributed by atoms with Gasteiger partial charge in [-0.1, -0.05) is 90.7 Å². The maximum absolute atomic E-state index is 14.6. The molecule has 1 spiro atoms. The summed E-state index contributed by atoms with van der Waals surface area (Å²) in [5, 5.41) is 4.09. The van der Waals surface area contributed by atoms with Crippen molar-refractivity contribution >= 4 is 35.0 Å². The summed E-state index contributed by atoms with van der Waals surface area (Å²) < 4.78 is 1.73. The maximum Gasteiger partial charge on any atom is 0.263 e. The minimum absolute atomic E-state index is 0.0150. The Labute approximate surface area is 244 Å². The van der Waals surface area contributed by atoms with Gasteiger partial charge in [0.15, 0.2) is 5.16 Å². The maximum atomic E-state index is 14.6. The number of carbonyl (C=O) groups is 1. The van der Waals surface area contributed by atoms with Crippen LogP contribution in [0.5, 0.6) is 0 Å². The summed E-state index contributed by atoms with van der Waals surface area (Å²) in [5.74, 6) is -0.0718. The van der Waals surface area contributed by atoms with Gasteiger partial charge in [-0.3, -0.25) is 14.2 Å². The summed E-state index contributed by atoms with van der Waals surface area (Å²) >= 11 is 7.54. The first kappa shape index (κ1) is 26.9. The number of anilines is 1. The van der Waals surface area contributed by atoms with Gasteiger partial charge in [0.05, 0.1) is 22.7 Å². The molecule has 0 aliphatic heterocycles. The van der Waals surface area contributed by atoms with Crippen molar-refractivity contribution < 1.29 is 4.79 Å². The quantitative estimate of drug-likeness (QED) is 0.198. The van der Waals surface area contributed by atoms with Crippen LogP contribution in [-0.2, 0) is 16.6 Å². The number of benzene rings is 3. The second-order valence-electron chi connectivity index (χ2n) is 11.0. The third kappa shape index (κ3) is 4.88. The second-order valence-corrected chi connectivity index (χ2v) is 12.4. The van der Waals surface area contributed by atoms with E-state index in [0.29, 0.717) is 15.9 Å². The molecule has 5 nitrogen and oxygen atoms in total. The number of fused-ring (bicyclic) bond motifs is 4. The highest BCUT2D eigenvalue weighted by Gasteiger charge is 2.43. The smallest absolute Gasteiger partial charge is 0.263 e. The zero-order valence-electron chi connectivity index (χ0n) is 22.8. The van der Waals surface area contributed by atoms with E-state index in [1.165, 1.54) is 23.7 Å². The molecule has 1 heterocycles. The molecule has 40 heavy (non-hydrogen) atoms. The fourth-order valence-electron chi connectivity index (χ4n) is 6.27. The van der Waals surface area contributed by atoms with Crippen LogP contribution in [0, 0.1) is 13.8 Å². The number of hydrogen-bond acceptors (Lipinski definition) is 4. The standard InChI is InChI=1S/C33H32ClN3O2S/c1-21-13-15-24(16-14-21)37-31(39)29-30(25-10-5-4-9-23(25)19-33(29)17-6-3-7-18-33)36-32(37)40-20-28(38)35-27-12-8-11-26(34)22(27)2/h4-5,8-16H,3,6-7,17-20H2,1-2H3,(H,35,38). The van der Waals surface area contributed by atoms with Gasteiger partial charge in [0.2, 0.25) is 5.91 Å². The zero-order valence-corrected chi connectivity index (χ0v) is 24.4. The lowest BCUT2D eigenvalue weighted by Crippen LogP contribution is -2.43. The molecule has 4 aromatic rings. The van der Waals surface area contributed by atoms with Crippen molar-refractivity contribution in [2.45, 2.75) is 62.9 Å². The minimum atomic E-state index is -0.205. The van der Waals surface area contributed by atoms with Crippen molar-refractivity contribution in [2.24, 2.45) is 0 Å². The minimum Gasteiger partial charge on any atom is -0.325 e. The SMILES string of the molecule is Cc1ccc(-n2c(SCC(=O)Nc3cccc(Cl)c3C)nc3c(c2=O)C2(CCCCC2)Cc2ccccc2-3)cc1. The van der Waals surface area contributed by atoms with E-state index in [4.69, 9.17) is 16.6 Å². The van der Waals surface area contributed by atoms with Gasteiger partial charge in [-0.2, -0.15) is 0 Å². The molecular weight excluding hydrogens is 538 g/mol. The van der Waals surface area contributed by atoms with Gasteiger partial charge in [-0.15, -0.1) is 0 Å². The summed E-state index contributed by atoms with van der Waals surface area (Å²) in [6.07, 6.45) is 6.29. The Hall–Kier alpha value is -3.35. The van der Waals surface area contributed by atoms with Crippen LogP contribution in [0.4, 0.5) is 5.69 Å². The number of halogens is 1. The first-order chi connectivity index (χ1) is 19.4. The van der Waals surface area contributed by atoms with Crippen LogP contribution in [0.15, 0.2) is 76.7 Å². The van der Waals surface area contributed by atoms with Crippen LogP contribution in [0.1, 0.15) is 54.4 Å². The molecule has 0 saturated heterocycles. The number of aryl methyl sites for hydroxylation is 1. The molecule has 0 atom stereocenters. The number of aromatic nitrogens is 2. The molecule has 6 rings (SSSR count). The summed E-state index contributed by atoms with van der Waals surface area (Å²) in [6.45, 7) is 3.91. The Morgan fingerprint density at radius 3 is 2.52 bits per heavy atom. The lowest BCUT2D eigenvalue weighted by molar-refractivity contribution is -0.113. The Bertz CT molecular complexity index is 1660. The van der Waals surface area contributed by atoms with Gasteiger partial charge in [0.1, 0.15) is 0 Å². The van der Waals surface area contributed by atoms with E-state index < -0.39 is 0 Å². The number of amides is 1. The van der Waals surface area contributed by atoms with Gasteiger partial charge in [-0.25, -0.2) is 4.98 Å². The fourth-order valence-corrected chi connectivity index (χ4v) is 7.25.